The molecule has 0 saturated heterocycles. The van der Waals surface area contributed by atoms with Gasteiger partial charge in [-0.1, -0.05) is 0 Å². The Morgan fingerprint density at radius 2 is 1.30 bits per heavy atom. The van der Waals surface area contributed by atoms with E-state index in [2.05, 4.69) is 0 Å². The Morgan fingerprint density at radius 1 is 1.00 bits per heavy atom. The van der Waals surface area contributed by atoms with Gasteiger partial charge in [0.1, 0.15) is 0 Å². The van der Waals surface area contributed by atoms with Crippen molar-refractivity contribution in [3.63, 3.8) is 0 Å². The molecule has 2 nitrogen and oxygen atoms in total. The van der Waals surface area contributed by atoms with E-state index in [9.17, 15) is 0 Å². The molecule has 0 heterocycles. The Morgan fingerprint density at radius 3 is 1.50 bits per heavy atom. The molecule has 0 atom stereocenters. The first-order chi connectivity index (χ1) is 4.13. The van der Waals surface area contributed by atoms with E-state index in [1.54, 1.807) is 0 Å². The predicted octanol–water partition coefficient (Wildman–Crippen LogP) is -1.40. The quantitative estimate of drug-likeness (QED) is 0.464. The Kier molecular flexibility index (Phi) is 11.1. The number of hydrogen-bond donors (Lipinski definition) is 0. The Labute approximate surface area is 85.2 Å². The van der Waals surface area contributed by atoms with Gasteiger partial charge < -0.3 is 2.85 Å². The van der Waals surface area contributed by atoms with Crippen LogP contribution in [0.25, 0.3) is 0 Å². The standard InChI is InChI=1S/2C3H7O.Al.Li.2H/c2*1-3(2)4;;;;/h2*3H,1-2H3;;;;/q2*-1;+3;+1;2*-1. The van der Waals surface area contributed by atoms with Crippen LogP contribution in [0.5, 0.6) is 0 Å². The van der Waals surface area contributed by atoms with Crippen molar-refractivity contribution in [2.75, 3.05) is 0 Å². The Hall–Kier alpha value is 1.05. The largest absolute Gasteiger partial charge is 1.00 e. The zero-order valence-electron chi connectivity index (χ0n) is 9.55. The molecule has 0 aliphatic carbocycles. The van der Waals surface area contributed by atoms with Crippen LogP contribution in [-0.4, -0.2) is 28.1 Å². The summed E-state index contributed by atoms with van der Waals surface area (Å²) in [5.74, 6) is 0. The maximum Gasteiger partial charge on any atom is 1.00 e. The Bertz CT molecular complexity index is 68.6. The van der Waals surface area contributed by atoms with Gasteiger partial charge >= 0.3 is 82.2 Å². The Balaban J connectivity index is -0.000000107. The van der Waals surface area contributed by atoms with E-state index >= 15 is 0 Å². The first-order valence-electron chi connectivity index (χ1n) is 3.25. The third-order valence-corrected chi connectivity index (χ3v) is 1.97. The van der Waals surface area contributed by atoms with Gasteiger partial charge in [-0.2, -0.15) is 0 Å². The number of rotatable bonds is 4. The first-order valence-corrected chi connectivity index (χ1v) is 4.20. The fraction of sp³-hybridized carbons (Fsp3) is 1.00. The molecule has 0 fully saturated rings. The molecule has 0 aliphatic rings. The summed E-state index contributed by atoms with van der Waals surface area (Å²) in [6, 6.07) is 0. The van der Waals surface area contributed by atoms with Crippen LogP contribution in [0.2, 0.25) is 0 Å². The van der Waals surface area contributed by atoms with Gasteiger partial charge in [0.2, 0.25) is 0 Å². The minimum atomic E-state index is -0.245. The van der Waals surface area contributed by atoms with Gasteiger partial charge in [0.05, 0.1) is 0 Å². The van der Waals surface area contributed by atoms with Gasteiger partial charge in [0, 0.05) is 0 Å². The van der Waals surface area contributed by atoms with Gasteiger partial charge in [-0.05, 0) is 0 Å². The van der Waals surface area contributed by atoms with Crippen molar-refractivity contribution in [1.82, 2.24) is 0 Å². The van der Waals surface area contributed by atoms with Crippen molar-refractivity contribution in [1.29, 1.82) is 0 Å². The smallest absolute Gasteiger partial charge is 1.00 e. The topological polar surface area (TPSA) is 18.5 Å². The van der Waals surface area contributed by atoms with E-state index in [1.807, 2.05) is 27.7 Å². The van der Waals surface area contributed by atoms with Crippen molar-refractivity contribution in [2.45, 2.75) is 39.9 Å². The maximum absolute atomic E-state index is 5.21. The molecule has 0 saturated carbocycles. The van der Waals surface area contributed by atoms with Gasteiger partial charge in [0.15, 0.2) is 0 Å². The van der Waals surface area contributed by atoms with Gasteiger partial charge in [-0.3, -0.25) is 0 Å². The summed E-state index contributed by atoms with van der Waals surface area (Å²) in [4.78, 5) is 0. The van der Waals surface area contributed by atoms with Crippen molar-refractivity contribution in [2.24, 2.45) is 0 Å². The first kappa shape index (κ1) is 13.6. The molecule has 0 N–H and O–H groups in total. The van der Waals surface area contributed by atoms with E-state index in [4.69, 9.17) is 7.58 Å². The summed E-state index contributed by atoms with van der Waals surface area (Å²) in [6.45, 7) is 8.04. The molecule has 10 heavy (non-hydrogen) atoms. The summed E-state index contributed by atoms with van der Waals surface area (Å²) >= 11 is -0.245. The molecule has 0 unspecified atom stereocenters. The van der Waals surface area contributed by atoms with Gasteiger partial charge in [-0.25, -0.2) is 0 Å². The molecule has 56 valence electrons. The molecule has 0 aliphatic heterocycles. The second-order valence-corrected chi connectivity index (χ2v) is 3.20. The molecule has 0 rings (SSSR count). The molecule has 0 radical (unpaired) electrons. The molecule has 0 spiro atoms. The van der Waals surface area contributed by atoms with Crippen molar-refractivity contribution in [3.8, 4) is 0 Å². The molecule has 0 amide bonds. The van der Waals surface area contributed by atoms with E-state index in [1.165, 1.54) is 0 Å². The minimum absolute atomic E-state index is 0. The molecular formula is C6H16AlLiO2. The van der Waals surface area contributed by atoms with Crippen LogP contribution in [0.4, 0.5) is 0 Å². The SMILES string of the molecule is CC(C)[O][Al+][O]C(C)C.[H-].[H-].[Li+]. The van der Waals surface area contributed by atoms with Crippen LogP contribution in [0, 0.1) is 0 Å². The summed E-state index contributed by atoms with van der Waals surface area (Å²) in [5.41, 5.74) is 0. The predicted molar refractivity (Wildman–Crippen MR) is 40.4 cm³/mol. The van der Waals surface area contributed by atoms with Gasteiger partial charge in [-0.15, -0.1) is 0 Å². The van der Waals surface area contributed by atoms with Crippen LogP contribution in [0.1, 0.15) is 30.5 Å². The summed E-state index contributed by atoms with van der Waals surface area (Å²) in [7, 11) is 0. The third-order valence-electron chi connectivity index (χ3n) is 0.655. The van der Waals surface area contributed by atoms with Crippen molar-refractivity contribution in [3.05, 3.63) is 0 Å². The molecule has 4 heteroatoms. The van der Waals surface area contributed by atoms with E-state index < -0.39 is 0 Å². The molecule has 0 bridgehead atoms. The van der Waals surface area contributed by atoms with Crippen LogP contribution in [0.15, 0.2) is 0 Å². The van der Waals surface area contributed by atoms with Crippen molar-refractivity contribution < 1.29 is 29.3 Å². The van der Waals surface area contributed by atoms with E-state index in [-0.39, 0.29) is 37.6 Å². The van der Waals surface area contributed by atoms with Crippen LogP contribution in [0.3, 0.4) is 0 Å². The monoisotopic (exact) mass is 154 g/mol. The van der Waals surface area contributed by atoms with E-state index in [0.29, 0.717) is 12.2 Å². The molecular weight excluding hydrogens is 138 g/mol. The van der Waals surface area contributed by atoms with Crippen LogP contribution in [-0.2, 0) is 7.58 Å². The van der Waals surface area contributed by atoms with Crippen LogP contribution < -0.4 is 18.9 Å². The molecule has 0 aromatic heterocycles. The normalized spacial score (nSPS) is 9.40. The van der Waals surface area contributed by atoms with E-state index in [0.717, 1.165) is 0 Å². The fourth-order valence-corrected chi connectivity index (χ4v) is 0.763. The second-order valence-electron chi connectivity index (χ2n) is 2.47. The second kappa shape index (κ2) is 8.15. The summed E-state index contributed by atoms with van der Waals surface area (Å²) in [6.07, 6.45) is 0.609. The average Bonchev–Trinajstić information content (AvgIpc) is 1.63. The average molecular weight is 154 g/mol. The zero-order valence-corrected chi connectivity index (χ0v) is 8.70. The fourth-order valence-electron chi connectivity index (χ4n) is 0.254. The molecule has 0 aromatic rings. The maximum atomic E-state index is 5.21. The summed E-state index contributed by atoms with van der Waals surface area (Å²) < 4.78 is 10.4. The third kappa shape index (κ3) is 11.8. The molecule has 0 aromatic carbocycles. The van der Waals surface area contributed by atoms with Gasteiger partial charge in [0.25, 0.3) is 0 Å². The van der Waals surface area contributed by atoms with Crippen LogP contribution >= 0.6 is 0 Å². The summed E-state index contributed by atoms with van der Waals surface area (Å²) in [5, 5.41) is 0. The number of hydrogen-bond acceptors (Lipinski definition) is 2. The zero-order chi connectivity index (χ0) is 7.28. The van der Waals surface area contributed by atoms with Crippen molar-refractivity contribution >= 4 is 15.9 Å². The minimum Gasteiger partial charge on any atom is -1.00 e.